The van der Waals surface area contributed by atoms with Gasteiger partial charge in [-0.25, -0.2) is 9.78 Å². The summed E-state index contributed by atoms with van der Waals surface area (Å²) in [6, 6.07) is 9.82. The highest BCUT2D eigenvalue weighted by Gasteiger charge is 2.37. The van der Waals surface area contributed by atoms with Crippen molar-refractivity contribution in [2.75, 3.05) is 32.0 Å². The van der Waals surface area contributed by atoms with Gasteiger partial charge >= 0.3 is 5.63 Å². The molecule has 1 aromatic carbocycles. The van der Waals surface area contributed by atoms with Gasteiger partial charge in [0, 0.05) is 75.6 Å². The van der Waals surface area contributed by atoms with Crippen molar-refractivity contribution in [1.29, 1.82) is 0 Å². The van der Waals surface area contributed by atoms with Crippen LogP contribution in [0.1, 0.15) is 61.3 Å². The van der Waals surface area contributed by atoms with Crippen LogP contribution in [0.15, 0.2) is 68.3 Å². The lowest BCUT2D eigenvalue weighted by molar-refractivity contribution is 0.336. The van der Waals surface area contributed by atoms with Gasteiger partial charge in [-0.2, -0.15) is 0 Å². The Hall–Kier alpha value is -3.02. The van der Waals surface area contributed by atoms with Crippen LogP contribution in [0.3, 0.4) is 0 Å². The fourth-order valence-electron chi connectivity index (χ4n) is 5.19. The topological polar surface area (TPSA) is 98.8 Å². The highest BCUT2D eigenvalue weighted by atomic mass is 32.2. The van der Waals surface area contributed by atoms with E-state index in [0.29, 0.717) is 17.2 Å². The van der Waals surface area contributed by atoms with Crippen LogP contribution in [0.2, 0.25) is 0 Å². The molecule has 2 aliphatic rings. The first-order valence-electron chi connectivity index (χ1n) is 13.7. The molecule has 3 aromatic rings. The van der Waals surface area contributed by atoms with E-state index >= 15 is 0 Å². The number of aromatic nitrogens is 2. The highest BCUT2D eigenvalue weighted by Crippen LogP contribution is 2.48. The maximum Gasteiger partial charge on any atom is 0.343 e. The molecule has 1 saturated carbocycles. The van der Waals surface area contributed by atoms with Gasteiger partial charge in [-0.05, 0) is 61.2 Å². The molecule has 3 N–H and O–H groups in total. The second-order valence-electron chi connectivity index (χ2n) is 10.7. The van der Waals surface area contributed by atoms with E-state index in [-0.39, 0.29) is 17.6 Å². The largest absolute Gasteiger partial charge is 0.507 e. The molecule has 9 nitrogen and oxygen atoms in total. The van der Waals surface area contributed by atoms with Crippen LogP contribution in [-0.2, 0) is 7.05 Å². The molecule has 2 unspecified atom stereocenters. The number of anilines is 1. The molecular weight excluding hydrogens is 544 g/mol. The van der Waals surface area contributed by atoms with Crippen molar-refractivity contribution in [3.8, 4) is 5.75 Å². The van der Waals surface area contributed by atoms with E-state index in [2.05, 4.69) is 57.5 Å². The number of nitrogens with one attached hydrogen (secondary N) is 2. The fraction of sp³-hybridized carbons (Fsp3) is 0.448. The Morgan fingerprint density at radius 2 is 2.02 bits per heavy atom. The zero-order chi connectivity index (χ0) is 28.2. The van der Waals surface area contributed by atoms with E-state index in [1.807, 2.05) is 36.0 Å². The van der Waals surface area contributed by atoms with Crippen molar-refractivity contribution in [1.82, 2.24) is 24.1 Å². The van der Waals surface area contributed by atoms with Crippen molar-refractivity contribution in [2.24, 2.45) is 13.0 Å². The molecular formula is C29H38N6O3S2. The molecule has 5 rings (SSSR count). The highest BCUT2D eigenvalue weighted by molar-refractivity contribution is 8.04. The first-order chi connectivity index (χ1) is 19.3. The summed E-state index contributed by atoms with van der Waals surface area (Å²) in [5.41, 5.74) is 1.90. The van der Waals surface area contributed by atoms with E-state index in [9.17, 15) is 9.90 Å². The monoisotopic (exact) mass is 582 g/mol. The summed E-state index contributed by atoms with van der Waals surface area (Å²) in [6.07, 6.45) is 9.46. The molecule has 2 atom stereocenters. The van der Waals surface area contributed by atoms with Crippen LogP contribution in [0.25, 0.3) is 0 Å². The quantitative estimate of drug-likeness (QED) is 0.177. The van der Waals surface area contributed by atoms with Gasteiger partial charge in [0.25, 0.3) is 0 Å². The summed E-state index contributed by atoms with van der Waals surface area (Å²) in [4.78, 5) is 22.0. The average Bonchev–Trinajstić information content (AvgIpc) is 3.59. The van der Waals surface area contributed by atoms with E-state index in [1.165, 1.54) is 11.9 Å². The molecule has 214 valence electrons. The van der Waals surface area contributed by atoms with Crippen molar-refractivity contribution in [2.45, 2.75) is 49.5 Å². The first kappa shape index (κ1) is 28.5. The minimum atomic E-state index is -0.435. The average molecular weight is 583 g/mol. The SMILES string of the molecule is CCC(CCNSc1cn(C)cn1)c1cc(O)c(C(c2cccc(NSC3=CN(C)CN3C)c2)C2CC2)c(=O)o1. The summed E-state index contributed by atoms with van der Waals surface area (Å²) in [7, 11) is 6.06. The lowest BCUT2D eigenvalue weighted by Crippen LogP contribution is -2.19. The zero-order valence-electron chi connectivity index (χ0n) is 23.5. The summed E-state index contributed by atoms with van der Waals surface area (Å²) in [5, 5.41) is 13.2. The summed E-state index contributed by atoms with van der Waals surface area (Å²) < 4.78 is 14.6. The molecule has 1 aliphatic carbocycles. The maximum atomic E-state index is 13.4. The Balaban J connectivity index is 1.29. The third-order valence-electron chi connectivity index (χ3n) is 7.40. The number of hydrogen-bond acceptors (Lipinski definition) is 10. The van der Waals surface area contributed by atoms with E-state index in [1.54, 1.807) is 24.3 Å². The number of rotatable bonds is 13. The van der Waals surface area contributed by atoms with E-state index in [4.69, 9.17) is 4.42 Å². The number of imidazole rings is 1. The van der Waals surface area contributed by atoms with Gasteiger partial charge in [-0.1, -0.05) is 19.1 Å². The summed E-state index contributed by atoms with van der Waals surface area (Å²) in [6.45, 7) is 3.65. The molecule has 0 saturated heterocycles. The first-order valence-corrected chi connectivity index (χ1v) is 15.4. The predicted molar refractivity (Wildman–Crippen MR) is 162 cm³/mol. The van der Waals surface area contributed by atoms with Crippen LogP contribution in [0.4, 0.5) is 5.69 Å². The molecule has 11 heteroatoms. The molecule has 40 heavy (non-hydrogen) atoms. The molecule has 0 spiro atoms. The van der Waals surface area contributed by atoms with Crippen LogP contribution in [0.5, 0.6) is 5.75 Å². The molecule has 1 aliphatic heterocycles. The van der Waals surface area contributed by atoms with Crippen molar-refractivity contribution in [3.63, 3.8) is 0 Å². The number of aryl methyl sites for hydroxylation is 1. The minimum absolute atomic E-state index is 0.0236. The molecule has 0 bridgehead atoms. The third kappa shape index (κ3) is 6.82. The number of aromatic hydroxyl groups is 1. The molecule has 3 heterocycles. The van der Waals surface area contributed by atoms with Gasteiger partial charge in [0.15, 0.2) is 0 Å². The van der Waals surface area contributed by atoms with Gasteiger partial charge in [-0.3, -0.25) is 4.72 Å². The second kappa shape index (κ2) is 12.7. The van der Waals surface area contributed by atoms with Crippen LogP contribution in [0, 0.1) is 5.92 Å². The maximum absolute atomic E-state index is 13.4. The van der Waals surface area contributed by atoms with Crippen molar-refractivity contribution in [3.05, 3.63) is 81.4 Å². The van der Waals surface area contributed by atoms with Crippen LogP contribution in [-0.4, -0.2) is 51.8 Å². The molecule has 0 amide bonds. The van der Waals surface area contributed by atoms with Gasteiger partial charge < -0.3 is 28.6 Å². The third-order valence-corrected chi connectivity index (χ3v) is 9.13. The Kier molecular flexibility index (Phi) is 9.02. The standard InChI is InChI=1S/C29H38N6O3S2/c1-5-19(11-12-31-39-25-15-33(2)17-30-25)24-14-23(36)28(29(37)38-24)27(20-9-10-20)21-7-6-8-22(13-21)32-40-26-16-34(3)18-35(26)4/h6-8,13-17,19-20,27,31-32,36H,5,9-12,18H2,1-4H3. The normalized spacial score (nSPS) is 16.8. The Morgan fingerprint density at radius 3 is 2.67 bits per heavy atom. The van der Waals surface area contributed by atoms with Gasteiger partial charge in [0.1, 0.15) is 21.6 Å². The predicted octanol–water partition coefficient (Wildman–Crippen LogP) is 5.50. The molecule has 1 fully saturated rings. The van der Waals surface area contributed by atoms with E-state index in [0.717, 1.165) is 60.2 Å². The fourth-order valence-corrected chi connectivity index (χ4v) is 6.67. The molecule has 0 radical (unpaired) electrons. The number of benzene rings is 1. The lowest BCUT2D eigenvalue weighted by Gasteiger charge is -2.21. The van der Waals surface area contributed by atoms with Gasteiger partial charge in [0.05, 0.1) is 18.6 Å². The van der Waals surface area contributed by atoms with Crippen molar-refractivity contribution < 1.29 is 9.52 Å². The summed E-state index contributed by atoms with van der Waals surface area (Å²) >= 11 is 3.05. The zero-order valence-corrected chi connectivity index (χ0v) is 25.1. The van der Waals surface area contributed by atoms with E-state index < -0.39 is 5.63 Å². The van der Waals surface area contributed by atoms with Crippen LogP contribution < -0.4 is 15.1 Å². The minimum Gasteiger partial charge on any atom is -0.507 e. The van der Waals surface area contributed by atoms with Crippen LogP contribution >= 0.6 is 23.9 Å². The summed E-state index contributed by atoms with van der Waals surface area (Å²) in [5.74, 6) is 0.711. The smallest absolute Gasteiger partial charge is 0.343 e. The Labute approximate surface area is 244 Å². The second-order valence-corrected chi connectivity index (χ2v) is 12.4. The Bertz CT molecular complexity index is 1400. The molecule has 2 aromatic heterocycles. The van der Waals surface area contributed by atoms with Gasteiger partial charge in [0.2, 0.25) is 0 Å². The van der Waals surface area contributed by atoms with Gasteiger partial charge in [-0.15, -0.1) is 0 Å². The lowest BCUT2D eigenvalue weighted by atomic mass is 9.87. The number of nitrogens with zero attached hydrogens (tertiary/aromatic N) is 4. The van der Waals surface area contributed by atoms with Crippen molar-refractivity contribution >= 4 is 29.6 Å². The number of hydrogen-bond donors (Lipinski definition) is 3. The Morgan fingerprint density at radius 1 is 1.20 bits per heavy atom.